The van der Waals surface area contributed by atoms with Crippen LogP contribution in [0.25, 0.3) is 11.2 Å². The zero-order valence-electron chi connectivity index (χ0n) is 44.8. The number of aromatic nitrogens is 4. The minimum Gasteiger partial charge on any atom is -0.393 e. The van der Waals surface area contributed by atoms with Gasteiger partial charge in [0.15, 0.2) is 23.3 Å². The molecule has 4 saturated carbocycles. The number of carbonyl (C=O) groups is 3. The van der Waals surface area contributed by atoms with Gasteiger partial charge in [-0.2, -0.15) is 4.31 Å². The molecule has 78 heavy (non-hydrogen) atoms. The number of fused-ring (bicyclic) bond motifs is 6. The Balaban J connectivity index is 0.780. The lowest BCUT2D eigenvalue weighted by molar-refractivity contribution is -0.137. The maximum atomic E-state index is 13.2. The summed E-state index contributed by atoms with van der Waals surface area (Å²) in [7, 11) is -16.5. The van der Waals surface area contributed by atoms with Crippen LogP contribution in [0.5, 0.6) is 0 Å². The van der Waals surface area contributed by atoms with E-state index in [0.717, 1.165) is 59.1 Å². The molecule has 30 heteroatoms. The number of thioether (sulfide) groups is 1. The Kier molecular flexibility index (Phi) is 20.3. The molecule has 3 heterocycles. The molecular weight excluding hydrogens is 1100 g/mol. The number of ether oxygens (including phenoxy) is 1. The highest BCUT2D eigenvalue weighted by Crippen LogP contribution is 2.68. The van der Waals surface area contributed by atoms with E-state index in [9.17, 15) is 68.1 Å². The van der Waals surface area contributed by atoms with Crippen LogP contribution in [0.2, 0.25) is 0 Å². The third kappa shape index (κ3) is 14.4. The maximum absolute atomic E-state index is 13.2. The molecule has 5 fully saturated rings. The number of anilines is 1. The molecule has 5 unspecified atom stereocenters. The van der Waals surface area contributed by atoms with Crippen LogP contribution in [-0.4, -0.2) is 145 Å². The van der Waals surface area contributed by atoms with Crippen LogP contribution in [0.4, 0.5) is 5.82 Å². The summed E-state index contributed by atoms with van der Waals surface area (Å²) in [5, 5.41) is 47.5. The average molecular weight is 1180 g/mol. The smallest absolute Gasteiger partial charge is 0.393 e. The molecule has 2 aromatic rings. The van der Waals surface area contributed by atoms with Gasteiger partial charge in [0, 0.05) is 30.7 Å². The van der Waals surface area contributed by atoms with E-state index in [-0.39, 0.29) is 48.7 Å². The summed E-state index contributed by atoms with van der Waals surface area (Å²) in [4.78, 5) is 90.0. The summed E-state index contributed by atoms with van der Waals surface area (Å²) in [5.74, 6) is 2.86. The molecule has 7 rings (SSSR count). The van der Waals surface area contributed by atoms with Gasteiger partial charge in [0.2, 0.25) is 16.9 Å². The molecule has 5 aliphatic rings. The van der Waals surface area contributed by atoms with E-state index >= 15 is 0 Å². The molecule has 12 N–H and O–H groups in total. The van der Waals surface area contributed by atoms with Crippen LogP contribution in [-0.2, 0) is 50.7 Å². The third-order valence-electron chi connectivity index (χ3n) is 18.0. The van der Waals surface area contributed by atoms with Crippen molar-refractivity contribution >= 4 is 69.1 Å². The molecule has 0 aromatic carbocycles. The Hall–Kier alpha value is -2.52. The predicted molar refractivity (Wildman–Crippen MR) is 282 cm³/mol. The fourth-order valence-electron chi connectivity index (χ4n) is 13.8. The van der Waals surface area contributed by atoms with Gasteiger partial charge in [-0.05, 0) is 111 Å². The molecule has 2 amide bonds. The van der Waals surface area contributed by atoms with Gasteiger partial charge in [-0.25, -0.2) is 28.6 Å². The molecule has 26 nitrogen and oxygen atoms in total. The normalized spacial score (nSPS) is 32.4. The van der Waals surface area contributed by atoms with Crippen LogP contribution in [0, 0.1) is 51.8 Å². The molecule has 0 radical (unpaired) electrons. The lowest BCUT2D eigenvalue weighted by Gasteiger charge is -2.61. The van der Waals surface area contributed by atoms with Gasteiger partial charge >= 0.3 is 23.5 Å². The Labute approximate surface area is 457 Å². The Morgan fingerprint density at radius 1 is 0.949 bits per heavy atom. The van der Waals surface area contributed by atoms with Crippen molar-refractivity contribution in [3.05, 3.63) is 12.7 Å². The lowest BCUT2D eigenvalue weighted by Crippen LogP contribution is -2.53. The summed E-state index contributed by atoms with van der Waals surface area (Å²) in [6.07, 6.45) is 7.86. The second-order valence-electron chi connectivity index (χ2n) is 23.4. The molecule has 0 spiro atoms. The number of aliphatic hydroxyl groups excluding tert-OH is 3. The fourth-order valence-corrected chi connectivity index (χ4v) is 17.5. The van der Waals surface area contributed by atoms with Gasteiger partial charge in [-0.15, -0.1) is 0 Å². The minimum atomic E-state index is -5.61. The fraction of sp³-hybridized carbons (Fsp3) is 0.833. The summed E-state index contributed by atoms with van der Waals surface area (Å²) < 4.78 is 62.8. The van der Waals surface area contributed by atoms with Crippen molar-refractivity contribution in [2.24, 2.45) is 51.8 Å². The van der Waals surface area contributed by atoms with E-state index in [4.69, 9.17) is 19.5 Å². The topological polar surface area (TPSA) is 404 Å². The molecule has 1 saturated heterocycles. The first-order valence-electron chi connectivity index (χ1n) is 26.8. The number of imidazole rings is 1. The van der Waals surface area contributed by atoms with Crippen LogP contribution < -0.4 is 16.4 Å². The molecule has 2 aromatic heterocycles. The monoisotopic (exact) mass is 1180 g/mol. The van der Waals surface area contributed by atoms with E-state index in [0.29, 0.717) is 29.1 Å². The molecule has 0 bridgehead atoms. The first-order chi connectivity index (χ1) is 36.4. The lowest BCUT2D eigenvalue weighted by atomic mass is 9.44. The summed E-state index contributed by atoms with van der Waals surface area (Å²) >= 11 is 0.808. The van der Waals surface area contributed by atoms with Crippen LogP contribution in [0.1, 0.15) is 131 Å². The number of carbonyl (C=O) groups excluding carboxylic acids is 3. The van der Waals surface area contributed by atoms with Crippen molar-refractivity contribution in [2.45, 2.75) is 161 Å². The highest BCUT2D eigenvalue weighted by atomic mass is 32.2. The Bertz CT molecular complexity index is 2600. The number of aliphatic hydroxyl groups is 4. The highest BCUT2D eigenvalue weighted by molar-refractivity contribution is 8.13. The number of hydrogen-bond donors (Lipinski definition) is 11. The molecule has 16 atom stereocenters. The van der Waals surface area contributed by atoms with E-state index in [1.165, 1.54) is 78.1 Å². The van der Waals surface area contributed by atoms with Crippen molar-refractivity contribution in [1.29, 1.82) is 0 Å². The quantitative estimate of drug-likeness (QED) is 0.0463. The minimum absolute atomic E-state index is 0.0239. The number of nitrogens with zero attached hydrogens (tertiary/aromatic N) is 4. The number of phosphoric ester groups is 3. The predicted octanol–water partition coefficient (Wildman–Crippen LogP) is 4.24. The van der Waals surface area contributed by atoms with Gasteiger partial charge in [0.1, 0.15) is 36.3 Å². The van der Waals surface area contributed by atoms with Gasteiger partial charge in [-0.3, -0.25) is 32.5 Å². The summed E-state index contributed by atoms with van der Waals surface area (Å²) in [6.45, 7) is 6.96. The number of nitrogen functional groups attached to an aromatic ring is 1. The zero-order chi connectivity index (χ0) is 57.2. The third-order valence-corrected chi connectivity index (χ3v) is 22.1. The standard InChI is InChI=1S/C48H80N7O19P3S/c1-28(31-13-14-32-30-12-11-29-10-6-7-17-46(29,4)33(30)15-19-47(31,32)5)9-8-18-48(62,24-56)44(61)78-22-21-50-35(57)16-20-51-42(60)39(59)45(2,3)25-71-77(68,69)74-76(66,67)70-23-34-38(73-75(63,64)65)37(58)43(72-34)55-27-54-36-40(49)52-26-53-41(36)55/h26-34,37-39,43,56,58-59,62H,6-25H2,1-5H3,(H,50,57)(H,51,60)(H,66,67)(H,68,69)(H2,49,52,53)(H2,63,64,65)/t28?,29-,30-,31+,32-,33-,34+,37+,38+,39?,43+,46-,47+,48?/m0/s1. The molecule has 442 valence electrons. The first kappa shape index (κ1) is 63.1. The summed E-state index contributed by atoms with van der Waals surface area (Å²) in [6, 6.07) is 0. The van der Waals surface area contributed by atoms with Crippen molar-refractivity contribution in [2.75, 3.05) is 44.4 Å². The largest absolute Gasteiger partial charge is 0.481 e. The highest BCUT2D eigenvalue weighted by Gasteiger charge is 2.60. The van der Waals surface area contributed by atoms with Crippen molar-refractivity contribution in [3.8, 4) is 0 Å². The van der Waals surface area contributed by atoms with Gasteiger partial charge in [-0.1, -0.05) is 65.6 Å². The zero-order valence-corrected chi connectivity index (χ0v) is 48.3. The molecule has 4 aliphatic carbocycles. The number of phosphoric acid groups is 3. The van der Waals surface area contributed by atoms with E-state index in [1.807, 2.05) is 0 Å². The van der Waals surface area contributed by atoms with Crippen LogP contribution in [0.15, 0.2) is 12.7 Å². The number of nitrogens with one attached hydrogen (secondary N) is 2. The Morgan fingerprint density at radius 2 is 1.67 bits per heavy atom. The number of amides is 2. The number of hydrogen-bond acceptors (Lipinski definition) is 20. The maximum Gasteiger partial charge on any atom is 0.481 e. The van der Waals surface area contributed by atoms with Gasteiger partial charge < -0.3 is 61.1 Å². The van der Waals surface area contributed by atoms with Crippen molar-refractivity contribution in [3.63, 3.8) is 0 Å². The summed E-state index contributed by atoms with van der Waals surface area (Å²) in [5.41, 5.74) is 3.12. The molecule has 1 aliphatic heterocycles. The van der Waals surface area contributed by atoms with Crippen LogP contribution in [0.3, 0.4) is 0 Å². The van der Waals surface area contributed by atoms with Crippen LogP contribution >= 0.6 is 35.2 Å². The second-order valence-corrected chi connectivity index (χ2v) is 28.7. The van der Waals surface area contributed by atoms with Crippen molar-refractivity contribution < 1.29 is 90.7 Å². The number of rotatable bonds is 26. The average Bonchev–Trinajstić information content (AvgIpc) is 4.25. The molecular formula is C48H80N7O19P3S. The van der Waals surface area contributed by atoms with Gasteiger partial charge in [0.05, 0.1) is 26.1 Å². The number of nitrogens with two attached hydrogens (primary N) is 1. The van der Waals surface area contributed by atoms with E-state index in [2.05, 4.69) is 55.2 Å². The SMILES string of the molecule is CC(CCCC(O)(CO)C(=O)SCCNC(=O)CCNC(=O)C(O)C(C)(C)COP(=O)(O)OP(=O)(O)OC[C@H]1O[C@@H](n2cnc3c(N)ncnc32)[C@H](O)[C@@H]1OP(=O)(O)O)[C@H]1CC[C@H]2[C@@H]3CC[C@@H]4CCCC[C@]4(C)[C@H]3CC[C@]12C. The van der Waals surface area contributed by atoms with Gasteiger partial charge in [0.25, 0.3) is 0 Å². The van der Waals surface area contributed by atoms with Crippen molar-refractivity contribution in [1.82, 2.24) is 30.2 Å². The first-order valence-corrected chi connectivity index (χ1v) is 32.3. The van der Waals surface area contributed by atoms with E-state index in [1.54, 1.807) is 0 Å². The van der Waals surface area contributed by atoms with E-state index < -0.39 is 102 Å². The second kappa shape index (κ2) is 25.1. The Morgan fingerprint density at radius 3 is 2.38 bits per heavy atom.